The van der Waals surface area contributed by atoms with Crippen LogP contribution >= 0.6 is 15.9 Å². The zero-order valence-electron chi connectivity index (χ0n) is 11.2. The smallest absolute Gasteiger partial charge is 0.246 e. The van der Waals surface area contributed by atoms with E-state index < -0.39 is 26.3 Å². The van der Waals surface area contributed by atoms with E-state index in [9.17, 15) is 12.8 Å². The quantitative estimate of drug-likeness (QED) is 0.812. The minimum atomic E-state index is -3.93. The number of halogens is 2. The Bertz CT molecular complexity index is 634. The second kappa shape index (κ2) is 5.25. The largest absolute Gasteiger partial charge is 0.398 e. The number of nitrogens with zero attached hydrogens (tertiary/aromatic N) is 1. The summed E-state index contributed by atoms with van der Waals surface area (Å²) in [7, 11) is -3.93. The van der Waals surface area contributed by atoms with Gasteiger partial charge in [-0.3, -0.25) is 0 Å². The molecule has 0 saturated carbocycles. The van der Waals surface area contributed by atoms with Gasteiger partial charge in [-0.05, 0) is 41.9 Å². The number of hydrogen-bond acceptors (Lipinski definition) is 4. The molecular formula is C12H16BrFN2O3S. The Morgan fingerprint density at radius 3 is 2.70 bits per heavy atom. The first-order valence-corrected chi connectivity index (χ1v) is 8.25. The Morgan fingerprint density at radius 2 is 2.10 bits per heavy atom. The molecule has 2 rings (SSSR count). The molecule has 1 heterocycles. The van der Waals surface area contributed by atoms with Crippen LogP contribution in [0, 0.1) is 5.82 Å². The Hall–Kier alpha value is -0.700. The fourth-order valence-corrected chi connectivity index (χ4v) is 4.03. The number of nitrogens with two attached hydrogens (primary N) is 1. The number of sulfonamides is 1. The van der Waals surface area contributed by atoms with Crippen LogP contribution < -0.4 is 5.73 Å². The summed E-state index contributed by atoms with van der Waals surface area (Å²) in [6, 6.07) is 2.20. The van der Waals surface area contributed by atoms with Crippen LogP contribution in [0.25, 0.3) is 0 Å². The lowest BCUT2D eigenvalue weighted by molar-refractivity contribution is -0.0640. The van der Waals surface area contributed by atoms with Gasteiger partial charge < -0.3 is 10.5 Å². The summed E-state index contributed by atoms with van der Waals surface area (Å²) in [4.78, 5) is -0.407. The van der Waals surface area contributed by atoms with Crippen molar-refractivity contribution in [1.29, 1.82) is 0 Å². The van der Waals surface area contributed by atoms with E-state index in [1.807, 2.05) is 0 Å². The second-order valence-electron chi connectivity index (χ2n) is 5.25. The third-order valence-corrected chi connectivity index (χ3v) is 5.61. The molecule has 0 bridgehead atoms. The minimum absolute atomic E-state index is 0.171. The lowest BCUT2D eigenvalue weighted by Gasteiger charge is -2.37. The molecule has 112 valence electrons. The van der Waals surface area contributed by atoms with Gasteiger partial charge in [-0.1, -0.05) is 0 Å². The third kappa shape index (κ3) is 2.98. The van der Waals surface area contributed by atoms with Gasteiger partial charge in [0, 0.05) is 23.2 Å². The van der Waals surface area contributed by atoms with E-state index in [4.69, 9.17) is 10.5 Å². The molecule has 1 saturated heterocycles. The molecule has 1 aromatic carbocycles. The molecule has 1 fully saturated rings. The number of anilines is 1. The summed E-state index contributed by atoms with van der Waals surface area (Å²) in [5.74, 6) is -0.824. The van der Waals surface area contributed by atoms with Crippen molar-refractivity contribution in [2.75, 3.05) is 25.4 Å². The Kier molecular flexibility index (Phi) is 4.12. The van der Waals surface area contributed by atoms with Crippen LogP contribution in [0.1, 0.15) is 13.8 Å². The molecule has 0 amide bonds. The highest BCUT2D eigenvalue weighted by Crippen LogP contribution is 2.30. The van der Waals surface area contributed by atoms with Crippen LogP contribution in [0.2, 0.25) is 0 Å². The van der Waals surface area contributed by atoms with Gasteiger partial charge in [-0.2, -0.15) is 4.31 Å². The fourth-order valence-electron chi connectivity index (χ4n) is 2.06. The van der Waals surface area contributed by atoms with Crippen molar-refractivity contribution >= 4 is 31.6 Å². The predicted octanol–water partition coefficient (Wildman–Crippen LogP) is 1.97. The van der Waals surface area contributed by atoms with Crippen molar-refractivity contribution in [2.45, 2.75) is 24.3 Å². The molecule has 8 heteroatoms. The Labute approximate surface area is 126 Å². The van der Waals surface area contributed by atoms with Gasteiger partial charge in [0.2, 0.25) is 10.0 Å². The Balaban J connectivity index is 2.43. The molecule has 1 aliphatic heterocycles. The lowest BCUT2D eigenvalue weighted by atomic mass is 10.1. The number of rotatable bonds is 2. The van der Waals surface area contributed by atoms with E-state index in [0.29, 0.717) is 4.47 Å². The highest BCUT2D eigenvalue weighted by molar-refractivity contribution is 9.10. The van der Waals surface area contributed by atoms with Crippen LogP contribution in [0.4, 0.5) is 10.1 Å². The number of benzene rings is 1. The number of nitrogen functional groups attached to an aromatic ring is 1. The van der Waals surface area contributed by atoms with Crippen LogP contribution in [0.15, 0.2) is 21.5 Å². The van der Waals surface area contributed by atoms with Crippen molar-refractivity contribution in [3.63, 3.8) is 0 Å². The molecule has 1 aromatic rings. The number of hydrogen-bond donors (Lipinski definition) is 1. The zero-order valence-corrected chi connectivity index (χ0v) is 13.6. The molecule has 5 nitrogen and oxygen atoms in total. The highest BCUT2D eigenvalue weighted by atomic mass is 79.9. The van der Waals surface area contributed by atoms with Crippen LogP contribution in [0.3, 0.4) is 0 Å². The molecule has 0 spiro atoms. The molecule has 0 unspecified atom stereocenters. The van der Waals surface area contributed by atoms with Crippen LogP contribution in [-0.2, 0) is 14.8 Å². The summed E-state index contributed by atoms with van der Waals surface area (Å²) in [6.45, 7) is 4.23. The van der Waals surface area contributed by atoms with E-state index >= 15 is 0 Å². The van der Waals surface area contributed by atoms with Gasteiger partial charge >= 0.3 is 0 Å². The van der Waals surface area contributed by atoms with E-state index in [1.165, 1.54) is 4.31 Å². The van der Waals surface area contributed by atoms with Gasteiger partial charge in [-0.25, -0.2) is 12.8 Å². The summed E-state index contributed by atoms with van der Waals surface area (Å²) in [6.07, 6.45) is 0. The summed E-state index contributed by atoms with van der Waals surface area (Å²) >= 11 is 3.07. The van der Waals surface area contributed by atoms with Gasteiger partial charge in [0.05, 0.1) is 12.2 Å². The van der Waals surface area contributed by atoms with Crippen molar-refractivity contribution in [3.8, 4) is 0 Å². The fraction of sp³-hybridized carbons (Fsp3) is 0.500. The van der Waals surface area contributed by atoms with E-state index in [-0.39, 0.29) is 25.4 Å². The average molecular weight is 367 g/mol. The van der Waals surface area contributed by atoms with E-state index in [0.717, 1.165) is 12.1 Å². The Morgan fingerprint density at radius 1 is 1.45 bits per heavy atom. The van der Waals surface area contributed by atoms with Crippen LogP contribution in [0.5, 0.6) is 0 Å². The molecule has 0 aliphatic carbocycles. The zero-order chi connectivity index (χ0) is 15.1. The van der Waals surface area contributed by atoms with Crippen LogP contribution in [-0.4, -0.2) is 38.0 Å². The summed E-state index contributed by atoms with van der Waals surface area (Å²) < 4.78 is 46.0. The van der Waals surface area contributed by atoms with Crippen molar-refractivity contribution < 1.29 is 17.5 Å². The maximum absolute atomic E-state index is 14.0. The number of morpholine rings is 1. The minimum Gasteiger partial charge on any atom is -0.398 e. The summed E-state index contributed by atoms with van der Waals surface area (Å²) in [5, 5.41) is 0. The topological polar surface area (TPSA) is 72.6 Å². The molecule has 20 heavy (non-hydrogen) atoms. The maximum atomic E-state index is 14.0. The molecule has 0 atom stereocenters. The normalized spacial score (nSPS) is 20.0. The highest BCUT2D eigenvalue weighted by Gasteiger charge is 2.36. The first-order chi connectivity index (χ1) is 9.13. The van der Waals surface area contributed by atoms with Gasteiger partial charge in [0.1, 0.15) is 10.7 Å². The van der Waals surface area contributed by atoms with E-state index in [1.54, 1.807) is 13.8 Å². The maximum Gasteiger partial charge on any atom is 0.246 e. The van der Waals surface area contributed by atoms with E-state index in [2.05, 4.69) is 15.9 Å². The van der Waals surface area contributed by atoms with Crippen molar-refractivity contribution in [1.82, 2.24) is 4.31 Å². The van der Waals surface area contributed by atoms with Gasteiger partial charge in [-0.15, -0.1) is 0 Å². The first kappa shape index (κ1) is 15.7. The van der Waals surface area contributed by atoms with Gasteiger partial charge in [0.15, 0.2) is 0 Å². The first-order valence-electron chi connectivity index (χ1n) is 6.02. The lowest BCUT2D eigenvalue weighted by Crippen LogP contribution is -2.50. The monoisotopic (exact) mass is 366 g/mol. The standard InChI is InChI=1S/C12H16BrFN2O3S/c1-12(2)7-16(3-4-19-12)20(17,18)11-6-10(15)8(13)5-9(11)14/h5-6H,3-4,7,15H2,1-2H3. The SMILES string of the molecule is CC1(C)CN(S(=O)(=O)c2cc(N)c(Br)cc2F)CCO1. The molecule has 2 N–H and O–H groups in total. The average Bonchev–Trinajstić information content (AvgIpc) is 2.32. The second-order valence-corrected chi connectivity index (χ2v) is 8.01. The predicted molar refractivity (Wildman–Crippen MR) is 77.3 cm³/mol. The molecular weight excluding hydrogens is 351 g/mol. The van der Waals surface area contributed by atoms with Crippen molar-refractivity contribution in [3.05, 3.63) is 22.4 Å². The van der Waals surface area contributed by atoms with Crippen molar-refractivity contribution in [2.24, 2.45) is 0 Å². The molecule has 0 aromatic heterocycles. The molecule has 1 aliphatic rings. The summed E-state index contributed by atoms with van der Waals surface area (Å²) in [5.41, 5.74) is 5.23. The number of ether oxygens (including phenoxy) is 1. The van der Waals surface area contributed by atoms with Gasteiger partial charge in [0.25, 0.3) is 0 Å². The molecule has 0 radical (unpaired) electrons. The third-order valence-electron chi connectivity index (χ3n) is 3.06.